The van der Waals surface area contributed by atoms with Crippen LogP contribution in [0.4, 0.5) is 0 Å². The first-order valence-electron chi connectivity index (χ1n) is 6.19. The molecule has 0 unspecified atom stereocenters. The molecule has 0 saturated carbocycles. The van der Waals surface area contributed by atoms with Gasteiger partial charge in [0.05, 0.1) is 12.3 Å². The maximum Gasteiger partial charge on any atom is 0.211 e. The van der Waals surface area contributed by atoms with E-state index in [1.165, 1.54) is 0 Å². The predicted octanol–water partition coefficient (Wildman–Crippen LogP) is 2.60. The largest absolute Gasteiger partial charge is 0.491 e. The van der Waals surface area contributed by atoms with Gasteiger partial charge in [-0.1, -0.05) is 6.07 Å². The van der Waals surface area contributed by atoms with Gasteiger partial charge in [0.15, 0.2) is 0 Å². The lowest BCUT2D eigenvalue weighted by atomic mass is 10.1. The average Bonchev–Trinajstić information content (AvgIpc) is 2.48. The Morgan fingerprint density at radius 1 is 1.10 bits per heavy atom. The van der Waals surface area contributed by atoms with Crippen molar-refractivity contribution in [2.75, 3.05) is 19.8 Å². The highest BCUT2D eigenvalue weighted by atomic mass is 32.1. The molecule has 1 aromatic heterocycles. The van der Waals surface area contributed by atoms with Gasteiger partial charge in [-0.05, 0) is 36.4 Å². The fourth-order valence-corrected chi connectivity index (χ4v) is 1.72. The molecule has 0 spiro atoms. The SMILES string of the molecule is O=C(S)COCCOc1ccc(-c2ccccn2)cc1. The molecule has 2 aromatic rings. The van der Waals surface area contributed by atoms with Crippen molar-refractivity contribution < 1.29 is 14.3 Å². The van der Waals surface area contributed by atoms with E-state index in [1.807, 2.05) is 42.5 Å². The smallest absolute Gasteiger partial charge is 0.211 e. The first-order chi connectivity index (χ1) is 9.75. The van der Waals surface area contributed by atoms with Crippen LogP contribution < -0.4 is 4.74 Å². The molecule has 0 aliphatic rings. The predicted molar refractivity (Wildman–Crippen MR) is 80.0 cm³/mol. The third kappa shape index (κ3) is 4.68. The van der Waals surface area contributed by atoms with Crippen molar-refractivity contribution in [3.63, 3.8) is 0 Å². The quantitative estimate of drug-likeness (QED) is 0.629. The van der Waals surface area contributed by atoms with Crippen LogP contribution in [-0.4, -0.2) is 29.9 Å². The second-order valence-electron chi connectivity index (χ2n) is 4.03. The molecule has 0 amide bonds. The van der Waals surface area contributed by atoms with Gasteiger partial charge in [-0.3, -0.25) is 9.78 Å². The Kier molecular flexibility index (Phi) is 5.58. The standard InChI is InChI=1S/C15H15NO3S/c17-15(20)11-18-9-10-19-13-6-4-12(5-7-13)14-3-1-2-8-16-14/h1-8H,9-11H2,(H,17,20). The number of carbonyl (C=O) groups is 1. The Morgan fingerprint density at radius 2 is 1.90 bits per heavy atom. The Morgan fingerprint density at radius 3 is 2.55 bits per heavy atom. The molecule has 0 fully saturated rings. The van der Waals surface area contributed by atoms with Gasteiger partial charge in [-0.15, -0.1) is 12.6 Å². The zero-order valence-electron chi connectivity index (χ0n) is 10.9. The minimum absolute atomic E-state index is 0.00505. The molecule has 104 valence electrons. The zero-order chi connectivity index (χ0) is 14.2. The van der Waals surface area contributed by atoms with Gasteiger partial charge in [0, 0.05) is 11.8 Å². The topological polar surface area (TPSA) is 48.4 Å². The number of hydrogen-bond donors (Lipinski definition) is 1. The fraction of sp³-hybridized carbons (Fsp3) is 0.200. The second-order valence-corrected chi connectivity index (χ2v) is 4.53. The van der Waals surface area contributed by atoms with E-state index < -0.39 is 0 Å². The molecule has 4 nitrogen and oxygen atoms in total. The lowest BCUT2D eigenvalue weighted by Gasteiger charge is -2.07. The van der Waals surface area contributed by atoms with E-state index in [0.29, 0.717) is 13.2 Å². The van der Waals surface area contributed by atoms with E-state index >= 15 is 0 Å². The zero-order valence-corrected chi connectivity index (χ0v) is 11.8. The van der Waals surface area contributed by atoms with Gasteiger partial charge in [0.1, 0.15) is 19.0 Å². The molecular formula is C15H15NO3S. The van der Waals surface area contributed by atoms with Crippen LogP contribution in [0, 0.1) is 0 Å². The van der Waals surface area contributed by atoms with Gasteiger partial charge >= 0.3 is 0 Å². The molecule has 0 bridgehead atoms. The number of nitrogens with zero attached hydrogens (tertiary/aromatic N) is 1. The highest BCUT2D eigenvalue weighted by molar-refractivity contribution is 7.96. The van der Waals surface area contributed by atoms with Crippen molar-refractivity contribution in [3.05, 3.63) is 48.7 Å². The third-order valence-electron chi connectivity index (χ3n) is 2.54. The molecule has 1 heterocycles. The summed E-state index contributed by atoms with van der Waals surface area (Å²) in [5.74, 6) is 0.755. The first-order valence-corrected chi connectivity index (χ1v) is 6.64. The molecule has 0 aliphatic carbocycles. The van der Waals surface area contributed by atoms with Gasteiger partial charge in [-0.2, -0.15) is 0 Å². The van der Waals surface area contributed by atoms with E-state index in [9.17, 15) is 4.79 Å². The number of rotatable bonds is 7. The third-order valence-corrected chi connectivity index (χ3v) is 2.67. The van der Waals surface area contributed by atoms with Crippen LogP contribution in [0.3, 0.4) is 0 Å². The lowest BCUT2D eigenvalue weighted by molar-refractivity contribution is -0.115. The first kappa shape index (κ1) is 14.6. The average molecular weight is 289 g/mol. The Hall–Kier alpha value is -1.85. The molecule has 0 aliphatic heterocycles. The second kappa shape index (κ2) is 7.67. The number of thiol groups is 1. The minimum Gasteiger partial charge on any atom is -0.491 e. The fourth-order valence-electron chi connectivity index (χ4n) is 1.63. The molecular weight excluding hydrogens is 274 g/mol. The molecule has 2 rings (SSSR count). The summed E-state index contributed by atoms with van der Waals surface area (Å²) < 4.78 is 10.5. The van der Waals surface area contributed by atoms with Crippen molar-refractivity contribution in [1.82, 2.24) is 4.98 Å². The van der Waals surface area contributed by atoms with Crippen LogP contribution in [0.2, 0.25) is 0 Å². The van der Waals surface area contributed by atoms with Crippen LogP contribution >= 0.6 is 12.6 Å². The normalized spacial score (nSPS) is 10.2. The van der Waals surface area contributed by atoms with Crippen molar-refractivity contribution in [2.45, 2.75) is 0 Å². The van der Waals surface area contributed by atoms with E-state index in [4.69, 9.17) is 9.47 Å². The van der Waals surface area contributed by atoms with Crippen LogP contribution in [0.25, 0.3) is 11.3 Å². The van der Waals surface area contributed by atoms with Crippen LogP contribution in [0.1, 0.15) is 0 Å². The van der Waals surface area contributed by atoms with Crippen molar-refractivity contribution in [1.29, 1.82) is 0 Å². The summed E-state index contributed by atoms with van der Waals surface area (Å²) in [4.78, 5) is 14.8. The number of carbonyl (C=O) groups excluding carboxylic acids is 1. The summed E-state index contributed by atoms with van der Waals surface area (Å²) in [5.41, 5.74) is 1.96. The number of hydrogen-bond acceptors (Lipinski definition) is 4. The van der Waals surface area contributed by atoms with Crippen molar-refractivity contribution in [2.24, 2.45) is 0 Å². The van der Waals surface area contributed by atoms with E-state index in [0.717, 1.165) is 17.0 Å². The molecule has 0 atom stereocenters. The Bertz CT molecular complexity index is 543. The van der Waals surface area contributed by atoms with Gasteiger partial charge in [0.2, 0.25) is 5.12 Å². The maximum absolute atomic E-state index is 10.5. The molecule has 0 N–H and O–H groups in total. The summed E-state index contributed by atoms with van der Waals surface area (Å²) in [5, 5.41) is -0.287. The maximum atomic E-state index is 10.5. The number of ether oxygens (including phenoxy) is 2. The molecule has 20 heavy (non-hydrogen) atoms. The van der Waals surface area contributed by atoms with Gasteiger partial charge < -0.3 is 9.47 Å². The highest BCUT2D eigenvalue weighted by Crippen LogP contribution is 2.20. The number of aromatic nitrogens is 1. The summed E-state index contributed by atoms with van der Waals surface area (Å²) in [6.07, 6.45) is 1.76. The van der Waals surface area contributed by atoms with Crippen LogP contribution in [0.15, 0.2) is 48.7 Å². The number of pyridine rings is 1. The van der Waals surface area contributed by atoms with E-state index in [-0.39, 0.29) is 11.7 Å². The summed E-state index contributed by atoms with van der Waals surface area (Å²) in [6.45, 7) is 0.753. The van der Waals surface area contributed by atoms with Crippen LogP contribution in [-0.2, 0) is 9.53 Å². The molecule has 1 aromatic carbocycles. The molecule has 5 heteroatoms. The summed E-state index contributed by atoms with van der Waals surface area (Å²) in [6, 6.07) is 13.5. The monoisotopic (exact) mass is 289 g/mol. The summed E-state index contributed by atoms with van der Waals surface area (Å²) in [7, 11) is 0. The molecule has 0 radical (unpaired) electrons. The Labute approximate surface area is 123 Å². The minimum atomic E-state index is -0.287. The van der Waals surface area contributed by atoms with Crippen LogP contribution in [0.5, 0.6) is 5.75 Å². The summed E-state index contributed by atoms with van der Waals surface area (Å²) >= 11 is 3.61. The van der Waals surface area contributed by atoms with Gasteiger partial charge in [0.25, 0.3) is 0 Å². The van der Waals surface area contributed by atoms with Crippen molar-refractivity contribution >= 4 is 17.7 Å². The number of benzene rings is 1. The van der Waals surface area contributed by atoms with Crippen molar-refractivity contribution in [3.8, 4) is 17.0 Å². The van der Waals surface area contributed by atoms with E-state index in [2.05, 4.69) is 17.6 Å². The van der Waals surface area contributed by atoms with Gasteiger partial charge in [-0.25, -0.2) is 0 Å². The Balaban J connectivity index is 1.82. The molecule has 0 saturated heterocycles. The lowest BCUT2D eigenvalue weighted by Crippen LogP contribution is -2.10. The van der Waals surface area contributed by atoms with E-state index in [1.54, 1.807) is 6.20 Å². The highest BCUT2D eigenvalue weighted by Gasteiger charge is 1.99.